The molecule has 1 heterocycles. The summed E-state index contributed by atoms with van der Waals surface area (Å²) >= 11 is 0. The van der Waals surface area contributed by atoms with Crippen molar-refractivity contribution in [3.63, 3.8) is 0 Å². The Labute approximate surface area is 85.5 Å². The molecule has 14 heavy (non-hydrogen) atoms. The number of Topliss-reactive ketones (excluding diaryl/α,β-unsaturated/α-hetero) is 1. The normalized spacial score (nSPS) is 9.57. The molecule has 0 aromatic carbocycles. The van der Waals surface area contributed by atoms with Gasteiger partial charge >= 0.3 is 0 Å². The number of hydrogen-bond donors (Lipinski definition) is 0. The standard InChI is InChI=1S/C9H13NO2.C2H6/c1-4-8(11)7-5-12-9(10-7)6(2)3;1-2/h5-6H,4H2,1-3H3;1-2H3. The highest BCUT2D eigenvalue weighted by molar-refractivity contribution is 5.93. The van der Waals surface area contributed by atoms with Gasteiger partial charge in [0.25, 0.3) is 0 Å². The van der Waals surface area contributed by atoms with Crippen LogP contribution in [0.15, 0.2) is 10.7 Å². The van der Waals surface area contributed by atoms with E-state index in [0.29, 0.717) is 18.0 Å². The van der Waals surface area contributed by atoms with Crippen LogP contribution in [0.4, 0.5) is 0 Å². The molecule has 1 aromatic rings. The first-order valence-electron chi connectivity index (χ1n) is 5.13. The van der Waals surface area contributed by atoms with Crippen molar-refractivity contribution in [3.05, 3.63) is 17.8 Å². The van der Waals surface area contributed by atoms with E-state index in [-0.39, 0.29) is 11.7 Å². The van der Waals surface area contributed by atoms with Crippen molar-refractivity contribution in [2.75, 3.05) is 0 Å². The molecule has 0 fully saturated rings. The molecule has 0 bridgehead atoms. The highest BCUT2D eigenvalue weighted by atomic mass is 16.3. The van der Waals surface area contributed by atoms with E-state index >= 15 is 0 Å². The van der Waals surface area contributed by atoms with Gasteiger partial charge in [-0.15, -0.1) is 0 Å². The summed E-state index contributed by atoms with van der Waals surface area (Å²) in [7, 11) is 0. The van der Waals surface area contributed by atoms with Gasteiger partial charge in [0.05, 0.1) is 0 Å². The molecule has 0 unspecified atom stereocenters. The molecule has 80 valence electrons. The first-order valence-corrected chi connectivity index (χ1v) is 5.13. The van der Waals surface area contributed by atoms with Crippen molar-refractivity contribution in [2.24, 2.45) is 0 Å². The highest BCUT2D eigenvalue weighted by Gasteiger charge is 2.11. The predicted molar refractivity (Wildman–Crippen MR) is 56.6 cm³/mol. The number of rotatable bonds is 3. The van der Waals surface area contributed by atoms with Crippen LogP contribution in [0.1, 0.15) is 63.3 Å². The molecule has 0 amide bonds. The Kier molecular flexibility index (Phi) is 5.84. The minimum atomic E-state index is 0.0330. The van der Waals surface area contributed by atoms with Crippen molar-refractivity contribution >= 4 is 5.78 Å². The molecule has 1 rings (SSSR count). The Morgan fingerprint density at radius 2 is 2.07 bits per heavy atom. The largest absolute Gasteiger partial charge is 0.448 e. The van der Waals surface area contributed by atoms with Gasteiger partial charge in [-0.2, -0.15) is 0 Å². The molecule has 3 heteroatoms. The topological polar surface area (TPSA) is 43.1 Å². The fraction of sp³-hybridized carbons (Fsp3) is 0.636. The van der Waals surface area contributed by atoms with Crippen molar-refractivity contribution in [3.8, 4) is 0 Å². The van der Waals surface area contributed by atoms with Crippen LogP contribution in [-0.2, 0) is 0 Å². The van der Waals surface area contributed by atoms with Gasteiger partial charge in [-0.3, -0.25) is 4.79 Å². The number of ketones is 1. The minimum absolute atomic E-state index is 0.0330. The third kappa shape index (κ3) is 3.32. The van der Waals surface area contributed by atoms with Crippen molar-refractivity contribution < 1.29 is 9.21 Å². The van der Waals surface area contributed by atoms with Crippen LogP contribution in [0.5, 0.6) is 0 Å². The fourth-order valence-electron chi connectivity index (χ4n) is 0.862. The summed E-state index contributed by atoms with van der Waals surface area (Å²) in [6.07, 6.45) is 1.91. The zero-order chi connectivity index (χ0) is 11.1. The molecule has 0 aliphatic rings. The highest BCUT2D eigenvalue weighted by Crippen LogP contribution is 2.13. The Hall–Kier alpha value is -1.12. The second-order valence-corrected chi connectivity index (χ2v) is 3.00. The van der Waals surface area contributed by atoms with Crippen molar-refractivity contribution in [1.29, 1.82) is 0 Å². The number of carbonyl (C=O) groups excluding carboxylic acids is 1. The Morgan fingerprint density at radius 1 is 1.50 bits per heavy atom. The zero-order valence-corrected chi connectivity index (χ0v) is 9.63. The maximum absolute atomic E-state index is 11.1. The van der Waals surface area contributed by atoms with E-state index in [0.717, 1.165) is 0 Å². The maximum Gasteiger partial charge on any atom is 0.197 e. The summed E-state index contributed by atoms with van der Waals surface area (Å²) in [5.74, 6) is 0.904. The van der Waals surface area contributed by atoms with E-state index in [1.165, 1.54) is 6.26 Å². The van der Waals surface area contributed by atoms with Crippen LogP contribution in [0.25, 0.3) is 0 Å². The first kappa shape index (κ1) is 12.9. The van der Waals surface area contributed by atoms with Crippen LogP contribution < -0.4 is 0 Å². The molecule has 0 radical (unpaired) electrons. The van der Waals surface area contributed by atoms with Crippen molar-refractivity contribution in [1.82, 2.24) is 4.98 Å². The lowest BCUT2D eigenvalue weighted by molar-refractivity contribution is 0.0983. The van der Waals surface area contributed by atoms with Gasteiger partial charge in [0.1, 0.15) is 12.0 Å². The molecule has 0 N–H and O–H groups in total. The zero-order valence-electron chi connectivity index (χ0n) is 9.63. The smallest absolute Gasteiger partial charge is 0.197 e. The van der Waals surface area contributed by atoms with E-state index in [1.807, 2.05) is 34.6 Å². The van der Waals surface area contributed by atoms with E-state index in [4.69, 9.17) is 4.42 Å². The number of oxazole rings is 1. The summed E-state index contributed by atoms with van der Waals surface area (Å²) in [6, 6.07) is 0. The lowest BCUT2D eigenvalue weighted by Gasteiger charge is -1.94. The third-order valence-electron chi connectivity index (χ3n) is 1.62. The number of nitrogens with zero attached hydrogens (tertiary/aromatic N) is 1. The summed E-state index contributed by atoms with van der Waals surface area (Å²) in [4.78, 5) is 15.2. The minimum Gasteiger partial charge on any atom is -0.448 e. The van der Waals surface area contributed by atoms with Crippen LogP contribution >= 0.6 is 0 Å². The van der Waals surface area contributed by atoms with E-state index in [9.17, 15) is 4.79 Å². The quantitative estimate of drug-likeness (QED) is 0.697. The third-order valence-corrected chi connectivity index (χ3v) is 1.62. The van der Waals surface area contributed by atoms with Gasteiger partial charge in [-0.05, 0) is 0 Å². The molecule has 3 nitrogen and oxygen atoms in total. The molecule has 0 saturated carbocycles. The predicted octanol–water partition coefficient (Wildman–Crippen LogP) is 3.42. The van der Waals surface area contributed by atoms with E-state index in [1.54, 1.807) is 0 Å². The number of carbonyl (C=O) groups is 1. The van der Waals surface area contributed by atoms with Crippen molar-refractivity contribution in [2.45, 2.75) is 47.0 Å². The van der Waals surface area contributed by atoms with Gasteiger partial charge in [0.15, 0.2) is 11.7 Å². The van der Waals surface area contributed by atoms with Gasteiger partial charge in [-0.1, -0.05) is 34.6 Å². The number of hydrogen-bond acceptors (Lipinski definition) is 3. The molecule has 0 aliphatic carbocycles. The lowest BCUT2D eigenvalue weighted by atomic mass is 10.2. The van der Waals surface area contributed by atoms with E-state index < -0.39 is 0 Å². The van der Waals surface area contributed by atoms with Gasteiger partial charge < -0.3 is 4.42 Å². The molecule has 1 aromatic heterocycles. The monoisotopic (exact) mass is 197 g/mol. The summed E-state index contributed by atoms with van der Waals surface area (Å²) in [6.45, 7) is 9.77. The van der Waals surface area contributed by atoms with E-state index in [2.05, 4.69) is 4.98 Å². The molecular weight excluding hydrogens is 178 g/mol. The summed E-state index contributed by atoms with van der Waals surface area (Å²) in [5.41, 5.74) is 0.446. The van der Waals surface area contributed by atoms with Crippen LogP contribution in [0.3, 0.4) is 0 Å². The average molecular weight is 197 g/mol. The molecule has 0 saturated heterocycles. The van der Waals surface area contributed by atoms with Crippen LogP contribution in [0, 0.1) is 0 Å². The molecular formula is C11H19NO2. The average Bonchev–Trinajstić information content (AvgIpc) is 2.68. The SMILES string of the molecule is CC.CCC(=O)c1coc(C(C)C)n1. The van der Waals surface area contributed by atoms with Gasteiger partial charge in [-0.25, -0.2) is 4.98 Å². The first-order chi connectivity index (χ1) is 6.65. The van der Waals surface area contributed by atoms with Crippen LogP contribution in [-0.4, -0.2) is 10.8 Å². The Balaban J connectivity index is 0.000000791. The molecule has 0 aliphatic heterocycles. The number of aromatic nitrogens is 1. The van der Waals surface area contributed by atoms with Crippen LogP contribution in [0.2, 0.25) is 0 Å². The summed E-state index contributed by atoms with van der Waals surface area (Å²) in [5, 5.41) is 0. The Bertz CT molecular complexity index is 277. The van der Waals surface area contributed by atoms with Gasteiger partial charge in [0, 0.05) is 12.3 Å². The lowest BCUT2D eigenvalue weighted by Crippen LogP contribution is -1.97. The molecule has 0 atom stereocenters. The fourth-order valence-corrected chi connectivity index (χ4v) is 0.862. The maximum atomic E-state index is 11.1. The molecule has 0 spiro atoms. The Morgan fingerprint density at radius 3 is 2.43 bits per heavy atom. The second-order valence-electron chi connectivity index (χ2n) is 3.00. The van der Waals surface area contributed by atoms with Gasteiger partial charge in [0.2, 0.25) is 0 Å². The second kappa shape index (κ2) is 6.35. The summed E-state index contributed by atoms with van der Waals surface area (Å²) < 4.78 is 5.12.